The quantitative estimate of drug-likeness (QED) is 0.162. The summed E-state index contributed by atoms with van der Waals surface area (Å²) in [5.74, 6) is 3.56. The minimum Gasteiger partial charge on any atom is -0.457 e. The van der Waals surface area contributed by atoms with Gasteiger partial charge >= 0.3 is 0 Å². The Morgan fingerprint density at radius 2 is 0.828 bits per heavy atom. The predicted octanol–water partition coefficient (Wildman–Crippen LogP) is 13.4. The van der Waals surface area contributed by atoms with Crippen LogP contribution in [-0.2, 0) is 5.41 Å². The summed E-state index contributed by atoms with van der Waals surface area (Å²) in [4.78, 5) is 20.2. The van der Waals surface area contributed by atoms with Gasteiger partial charge in [-0.25, -0.2) is 15.0 Å². The van der Waals surface area contributed by atoms with E-state index >= 15 is 0 Å². The number of hydrogen-bond acceptors (Lipinski definition) is 5. The summed E-state index contributed by atoms with van der Waals surface area (Å²) in [6.07, 6.45) is 3.66. The molecule has 276 valence electrons. The van der Waals surface area contributed by atoms with Gasteiger partial charge in [0.15, 0.2) is 17.5 Å². The van der Waals surface area contributed by atoms with Gasteiger partial charge in [0, 0.05) is 45.6 Å². The van der Waals surface area contributed by atoms with E-state index in [-0.39, 0.29) is 5.41 Å². The molecule has 0 amide bonds. The lowest BCUT2D eigenvalue weighted by Crippen LogP contribution is -2.24. The SMILES string of the molecule is CC1(C)c2ccccc2Oc2ccc(-c3cc(-c4ccncc4)cc(-c4nc(-c5ccccc5-c5ccccc5)nc(-c5ccccc5-c5ccccc5)n4)c3)cc21. The highest BCUT2D eigenvalue weighted by molar-refractivity contribution is 5.86. The second kappa shape index (κ2) is 14.5. The standard InChI is InChI=1S/C53H38N4O/c1-53(2)46-23-13-14-24-48(46)58-49-26-25-38(34-47(49)53)40-31-39(35-27-29-54-30-28-35)32-41(33-40)50-55-51(44-21-11-9-19-42(44)36-15-5-3-6-16-36)57-52(56-50)45-22-12-10-20-43(45)37-17-7-4-8-18-37/h3-34H,1-2H3. The Balaban J connectivity index is 1.20. The van der Waals surface area contributed by atoms with Gasteiger partial charge in [-0.1, -0.05) is 147 Å². The van der Waals surface area contributed by atoms with E-state index in [1.54, 1.807) is 0 Å². The van der Waals surface area contributed by atoms with E-state index < -0.39 is 0 Å². The van der Waals surface area contributed by atoms with Crippen LogP contribution in [-0.4, -0.2) is 19.9 Å². The fourth-order valence-electron chi connectivity index (χ4n) is 8.10. The number of hydrogen-bond donors (Lipinski definition) is 0. The summed E-state index contributed by atoms with van der Waals surface area (Å²) in [5.41, 5.74) is 13.3. The lowest BCUT2D eigenvalue weighted by atomic mass is 9.75. The minimum absolute atomic E-state index is 0.262. The summed E-state index contributed by atoms with van der Waals surface area (Å²) in [6, 6.07) is 63.0. The molecule has 0 unspecified atom stereocenters. The van der Waals surface area contributed by atoms with Crippen LogP contribution in [0.15, 0.2) is 194 Å². The van der Waals surface area contributed by atoms with Crippen molar-refractivity contribution in [3.05, 3.63) is 206 Å². The normalized spacial score (nSPS) is 12.6. The zero-order valence-corrected chi connectivity index (χ0v) is 32.2. The third kappa shape index (κ3) is 6.43. The molecule has 5 heteroatoms. The third-order valence-corrected chi connectivity index (χ3v) is 11.1. The van der Waals surface area contributed by atoms with E-state index in [4.69, 9.17) is 19.7 Å². The summed E-state index contributed by atoms with van der Waals surface area (Å²) in [5, 5.41) is 0. The van der Waals surface area contributed by atoms with Crippen molar-refractivity contribution in [1.82, 2.24) is 19.9 Å². The van der Waals surface area contributed by atoms with Crippen LogP contribution in [0.25, 0.3) is 78.7 Å². The third-order valence-electron chi connectivity index (χ3n) is 11.1. The molecule has 7 aromatic carbocycles. The Morgan fingerprint density at radius 3 is 1.45 bits per heavy atom. The van der Waals surface area contributed by atoms with E-state index in [0.29, 0.717) is 17.5 Å². The summed E-state index contributed by atoms with van der Waals surface area (Å²) < 4.78 is 6.45. The van der Waals surface area contributed by atoms with Crippen molar-refractivity contribution in [2.45, 2.75) is 19.3 Å². The molecule has 9 aromatic rings. The number of benzene rings is 7. The highest BCUT2D eigenvalue weighted by Crippen LogP contribution is 2.49. The zero-order valence-electron chi connectivity index (χ0n) is 32.2. The summed E-state index contributed by atoms with van der Waals surface area (Å²) in [6.45, 7) is 4.54. The number of nitrogens with zero attached hydrogens (tertiary/aromatic N) is 4. The van der Waals surface area contributed by atoms with Crippen molar-refractivity contribution in [2.75, 3.05) is 0 Å². The average Bonchev–Trinajstić information content (AvgIpc) is 3.29. The number of aromatic nitrogens is 4. The Kier molecular flexibility index (Phi) is 8.76. The van der Waals surface area contributed by atoms with E-state index in [2.05, 4.69) is 152 Å². The predicted molar refractivity (Wildman–Crippen MR) is 234 cm³/mol. The average molecular weight is 747 g/mol. The molecule has 0 aliphatic carbocycles. The molecule has 0 radical (unpaired) electrons. The fourth-order valence-corrected chi connectivity index (χ4v) is 8.10. The first kappa shape index (κ1) is 35.0. The van der Waals surface area contributed by atoms with Crippen molar-refractivity contribution in [2.24, 2.45) is 0 Å². The molecule has 0 bridgehead atoms. The Morgan fingerprint density at radius 1 is 0.345 bits per heavy atom. The molecular formula is C53H38N4O. The highest BCUT2D eigenvalue weighted by atomic mass is 16.5. The molecule has 0 N–H and O–H groups in total. The maximum Gasteiger partial charge on any atom is 0.164 e. The minimum atomic E-state index is -0.262. The van der Waals surface area contributed by atoms with Crippen molar-refractivity contribution in [3.8, 4) is 90.2 Å². The van der Waals surface area contributed by atoms with Crippen molar-refractivity contribution < 1.29 is 4.74 Å². The second-order valence-electron chi connectivity index (χ2n) is 15.1. The van der Waals surface area contributed by atoms with Gasteiger partial charge in [0.05, 0.1) is 0 Å². The largest absolute Gasteiger partial charge is 0.457 e. The molecule has 5 nitrogen and oxygen atoms in total. The number of pyridine rings is 1. The highest BCUT2D eigenvalue weighted by Gasteiger charge is 2.34. The van der Waals surface area contributed by atoms with Gasteiger partial charge in [-0.05, 0) is 93.0 Å². The van der Waals surface area contributed by atoms with Crippen LogP contribution >= 0.6 is 0 Å². The molecule has 1 aliphatic rings. The molecule has 0 saturated heterocycles. The second-order valence-corrected chi connectivity index (χ2v) is 15.1. The topological polar surface area (TPSA) is 60.8 Å². The van der Waals surface area contributed by atoms with Crippen molar-refractivity contribution in [3.63, 3.8) is 0 Å². The van der Waals surface area contributed by atoms with Crippen LogP contribution in [0.3, 0.4) is 0 Å². The fraction of sp³-hybridized carbons (Fsp3) is 0.0566. The Hall–Kier alpha value is -7.50. The molecule has 3 heterocycles. The van der Waals surface area contributed by atoms with Gasteiger partial charge in [0.25, 0.3) is 0 Å². The van der Waals surface area contributed by atoms with Gasteiger partial charge in [0.1, 0.15) is 11.5 Å². The molecule has 0 spiro atoms. The van der Waals surface area contributed by atoms with Crippen molar-refractivity contribution >= 4 is 0 Å². The molecule has 58 heavy (non-hydrogen) atoms. The van der Waals surface area contributed by atoms with E-state index in [1.165, 1.54) is 5.56 Å². The van der Waals surface area contributed by atoms with Crippen LogP contribution in [0, 0.1) is 0 Å². The lowest BCUT2D eigenvalue weighted by Gasteiger charge is -2.34. The summed E-state index contributed by atoms with van der Waals surface area (Å²) >= 11 is 0. The Labute approximate surface area is 338 Å². The van der Waals surface area contributed by atoms with E-state index in [9.17, 15) is 0 Å². The first-order valence-electron chi connectivity index (χ1n) is 19.5. The number of ether oxygens (including phenoxy) is 1. The summed E-state index contributed by atoms with van der Waals surface area (Å²) in [7, 11) is 0. The van der Waals surface area contributed by atoms with Crippen molar-refractivity contribution in [1.29, 1.82) is 0 Å². The lowest BCUT2D eigenvalue weighted by molar-refractivity contribution is 0.418. The van der Waals surface area contributed by atoms with E-state index in [0.717, 1.165) is 78.3 Å². The van der Waals surface area contributed by atoms with Crippen LogP contribution in [0.2, 0.25) is 0 Å². The maximum atomic E-state index is 6.45. The molecule has 0 saturated carbocycles. The number of rotatable bonds is 7. The number of para-hydroxylation sites is 1. The van der Waals surface area contributed by atoms with Crippen LogP contribution in [0.1, 0.15) is 25.0 Å². The smallest absolute Gasteiger partial charge is 0.164 e. The molecule has 2 aromatic heterocycles. The molecule has 0 fully saturated rings. The van der Waals surface area contributed by atoms with Gasteiger partial charge in [-0.3, -0.25) is 4.98 Å². The van der Waals surface area contributed by atoms with Crippen LogP contribution in [0.5, 0.6) is 11.5 Å². The van der Waals surface area contributed by atoms with E-state index in [1.807, 2.05) is 60.9 Å². The molecule has 10 rings (SSSR count). The van der Waals surface area contributed by atoms with Gasteiger partial charge in [-0.15, -0.1) is 0 Å². The van der Waals surface area contributed by atoms with Gasteiger partial charge < -0.3 is 4.74 Å². The Bertz CT molecular complexity index is 2840. The monoisotopic (exact) mass is 746 g/mol. The molecule has 1 aliphatic heterocycles. The first-order valence-corrected chi connectivity index (χ1v) is 19.5. The van der Waals surface area contributed by atoms with Gasteiger partial charge in [0.2, 0.25) is 0 Å². The van der Waals surface area contributed by atoms with Crippen LogP contribution in [0.4, 0.5) is 0 Å². The van der Waals surface area contributed by atoms with Gasteiger partial charge in [-0.2, -0.15) is 0 Å². The zero-order chi connectivity index (χ0) is 39.1. The number of fused-ring (bicyclic) bond motifs is 2. The first-order chi connectivity index (χ1) is 28.5. The molecule has 0 atom stereocenters. The molecular weight excluding hydrogens is 709 g/mol. The van der Waals surface area contributed by atoms with Crippen LogP contribution < -0.4 is 4.74 Å². The maximum absolute atomic E-state index is 6.45.